The van der Waals surface area contributed by atoms with Gasteiger partial charge in [0.15, 0.2) is 0 Å². The first kappa shape index (κ1) is 27.7. The number of ether oxygens (including phenoxy) is 1. The molecule has 2 aromatic rings. The van der Waals surface area contributed by atoms with Crippen LogP contribution in [0.3, 0.4) is 0 Å². The Labute approximate surface area is 224 Å². The van der Waals surface area contributed by atoms with Crippen LogP contribution >= 0.6 is 0 Å². The molecule has 11 nitrogen and oxygen atoms in total. The molecule has 0 radical (unpaired) electrons. The molecule has 4 rings (SSSR count). The summed E-state index contributed by atoms with van der Waals surface area (Å²) in [4.78, 5) is 2.31. The second kappa shape index (κ2) is 11.6. The summed E-state index contributed by atoms with van der Waals surface area (Å²) in [7, 11) is 0. The van der Waals surface area contributed by atoms with Crippen molar-refractivity contribution in [2.75, 3.05) is 26.4 Å². The number of alkyl halides is 1. The van der Waals surface area contributed by atoms with Crippen molar-refractivity contribution in [3.8, 4) is 5.75 Å². The second-order valence-corrected chi connectivity index (χ2v) is 11.6. The third-order valence-corrected chi connectivity index (χ3v) is 6.04. The lowest BCUT2D eigenvalue weighted by atomic mass is 10.1. The van der Waals surface area contributed by atoms with E-state index in [1.165, 1.54) is 0 Å². The average Bonchev–Trinajstić information content (AvgIpc) is 3.60. The standard InChI is InChI=1S/C26H41FN10O/c1-25(2,3)36-18-22(29-32-36)15-34(16-23-19-37(33-30-23)26(4,5)6)14-21-17-35(31-28-21)13-20-7-9-24(10-8-20)38-12-11-27/h7-10,17-19,28-29,31-32H,11-16H2,1-6H3. The van der Waals surface area contributed by atoms with Gasteiger partial charge in [-0.15, -0.1) is 16.2 Å². The lowest BCUT2D eigenvalue weighted by Gasteiger charge is -2.30. The van der Waals surface area contributed by atoms with Crippen molar-refractivity contribution in [2.24, 2.45) is 0 Å². The molecule has 2 aliphatic heterocycles. The molecule has 1 aromatic carbocycles. The summed E-state index contributed by atoms with van der Waals surface area (Å²) in [6.07, 6.45) is 6.20. The highest BCUT2D eigenvalue weighted by molar-refractivity contribution is 5.27. The van der Waals surface area contributed by atoms with Crippen LogP contribution in [0.15, 0.2) is 54.3 Å². The lowest BCUT2D eigenvalue weighted by Crippen LogP contribution is -2.47. The maximum atomic E-state index is 12.3. The van der Waals surface area contributed by atoms with Gasteiger partial charge in [-0.2, -0.15) is 0 Å². The van der Waals surface area contributed by atoms with Gasteiger partial charge < -0.3 is 15.6 Å². The van der Waals surface area contributed by atoms with Crippen molar-refractivity contribution < 1.29 is 9.13 Å². The largest absolute Gasteiger partial charge is 0.491 e. The summed E-state index contributed by atoms with van der Waals surface area (Å²) in [6.45, 7) is 15.1. The third-order valence-electron chi connectivity index (χ3n) is 6.04. The molecule has 208 valence electrons. The smallest absolute Gasteiger partial charge is 0.123 e. The third kappa shape index (κ3) is 7.59. The lowest BCUT2D eigenvalue weighted by molar-refractivity contribution is 0.137. The molecule has 0 spiro atoms. The Kier molecular flexibility index (Phi) is 8.44. The maximum absolute atomic E-state index is 12.3. The van der Waals surface area contributed by atoms with Crippen LogP contribution in [0.5, 0.6) is 5.75 Å². The minimum Gasteiger partial charge on any atom is -0.491 e. The molecular formula is C26H41FN10O. The zero-order valence-electron chi connectivity index (χ0n) is 23.3. The van der Waals surface area contributed by atoms with Crippen LogP contribution in [-0.4, -0.2) is 61.8 Å². The minimum absolute atomic E-state index is 0.0491. The number of aromatic nitrogens is 3. The highest BCUT2D eigenvalue weighted by Crippen LogP contribution is 2.18. The van der Waals surface area contributed by atoms with Crippen molar-refractivity contribution in [1.29, 1.82) is 0 Å². The van der Waals surface area contributed by atoms with E-state index in [0.717, 1.165) is 22.7 Å². The number of hydrogen-bond donors (Lipinski definition) is 4. The van der Waals surface area contributed by atoms with Gasteiger partial charge in [0.05, 0.1) is 35.4 Å². The summed E-state index contributed by atoms with van der Waals surface area (Å²) in [5, 5.41) is 12.8. The van der Waals surface area contributed by atoms with Gasteiger partial charge in [-0.3, -0.25) is 14.9 Å². The summed E-state index contributed by atoms with van der Waals surface area (Å²) >= 11 is 0. The topological polar surface area (TPSA) is 97.8 Å². The van der Waals surface area contributed by atoms with Crippen LogP contribution in [0.2, 0.25) is 0 Å². The molecule has 4 N–H and O–H groups in total. The van der Waals surface area contributed by atoms with E-state index in [1.807, 2.05) is 40.2 Å². The monoisotopic (exact) mass is 528 g/mol. The fourth-order valence-electron chi connectivity index (χ4n) is 3.98. The van der Waals surface area contributed by atoms with Crippen molar-refractivity contribution in [3.05, 3.63) is 65.5 Å². The number of nitrogens with zero attached hydrogens (tertiary/aromatic N) is 6. The van der Waals surface area contributed by atoms with Gasteiger partial charge in [-0.25, -0.2) is 9.07 Å². The number of benzene rings is 1. The van der Waals surface area contributed by atoms with Gasteiger partial charge in [0, 0.05) is 37.6 Å². The fraction of sp³-hybridized carbons (Fsp3) is 0.538. The van der Waals surface area contributed by atoms with Crippen molar-refractivity contribution in [1.82, 2.24) is 51.8 Å². The Morgan fingerprint density at radius 1 is 0.895 bits per heavy atom. The molecule has 0 fully saturated rings. The number of halogens is 1. The van der Waals surface area contributed by atoms with Crippen molar-refractivity contribution in [2.45, 2.75) is 65.7 Å². The second-order valence-electron chi connectivity index (χ2n) is 11.6. The van der Waals surface area contributed by atoms with E-state index in [2.05, 4.69) is 96.1 Å². The number of hydrazine groups is 4. The van der Waals surface area contributed by atoms with Crippen LogP contribution in [0.4, 0.5) is 4.39 Å². The number of hydrogen-bond acceptors (Lipinski definition) is 10. The van der Waals surface area contributed by atoms with Gasteiger partial charge in [0.2, 0.25) is 0 Å². The number of rotatable bonds is 11. The van der Waals surface area contributed by atoms with Gasteiger partial charge in [0.1, 0.15) is 19.0 Å². The van der Waals surface area contributed by atoms with Gasteiger partial charge in [-0.05, 0) is 59.2 Å². The number of nitrogens with one attached hydrogen (secondary N) is 4. The van der Waals surface area contributed by atoms with Gasteiger partial charge >= 0.3 is 0 Å². The average molecular weight is 529 g/mol. The minimum atomic E-state index is -0.497. The van der Waals surface area contributed by atoms with E-state index in [-0.39, 0.29) is 17.7 Å². The maximum Gasteiger partial charge on any atom is 0.123 e. The van der Waals surface area contributed by atoms with Crippen LogP contribution in [0.1, 0.15) is 52.8 Å². The predicted octanol–water partition coefficient (Wildman–Crippen LogP) is 2.51. The Bertz CT molecular complexity index is 1120. The van der Waals surface area contributed by atoms with Gasteiger partial charge in [-0.1, -0.05) is 17.3 Å². The summed E-state index contributed by atoms with van der Waals surface area (Å²) in [6, 6.07) is 7.70. The van der Waals surface area contributed by atoms with E-state index >= 15 is 0 Å². The van der Waals surface area contributed by atoms with Crippen LogP contribution in [-0.2, 0) is 18.6 Å². The first-order valence-electron chi connectivity index (χ1n) is 12.9. The molecule has 0 saturated carbocycles. The summed E-state index contributed by atoms with van der Waals surface area (Å²) < 4.78 is 19.6. The SMILES string of the molecule is CC(C)(C)N1C=C(CN(CC2=CN(Cc3ccc(OCCF)cc3)NN2)Cc2cn(C(C)(C)C)nn2)NN1. The molecule has 1 aromatic heterocycles. The molecule has 2 aliphatic rings. The summed E-state index contributed by atoms with van der Waals surface area (Å²) in [5.41, 5.74) is 17.0. The van der Waals surface area contributed by atoms with E-state index in [0.29, 0.717) is 31.9 Å². The molecule has 0 saturated heterocycles. The predicted molar refractivity (Wildman–Crippen MR) is 144 cm³/mol. The van der Waals surface area contributed by atoms with Crippen molar-refractivity contribution in [3.63, 3.8) is 0 Å². The molecule has 3 heterocycles. The molecule has 12 heteroatoms. The van der Waals surface area contributed by atoms with Crippen LogP contribution < -0.4 is 26.7 Å². The Hall–Kier alpha value is -3.35. The first-order valence-corrected chi connectivity index (χ1v) is 12.9. The molecule has 0 atom stereocenters. The first-order chi connectivity index (χ1) is 18.0. The molecule has 0 amide bonds. The zero-order chi connectivity index (χ0) is 27.3. The Morgan fingerprint density at radius 3 is 2.18 bits per heavy atom. The Morgan fingerprint density at radius 2 is 1.58 bits per heavy atom. The fourth-order valence-corrected chi connectivity index (χ4v) is 3.98. The van der Waals surface area contributed by atoms with E-state index < -0.39 is 6.67 Å². The molecule has 0 aliphatic carbocycles. The van der Waals surface area contributed by atoms with Crippen LogP contribution in [0.25, 0.3) is 0 Å². The Balaban J connectivity index is 1.42. The highest BCUT2D eigenvalue weighted by Gasteiger charge is 2.25. The van der Waals surface area contributed by atoms with Crippen molar-refractivity contribution >= 4 is 0 Å². The molecule has 0 bridgehead atoms. The summed E-state index contributed by atoms with van der Waals surface area (Å²) in [5.74, 6) is 0.670. The normalized spacial score (nSPS) is 16.0. The molecule has 0 unspecified atom stereocenters. The zero-order valence-corrected chi connectivity index (χ0v) is 23.3. The quantitative estimate of drug-likeness (QED) is 0.348. The van der Waals surface area contributed by atoms with E-state index in [4.69, 9.17) is 4.74 Å². The van der Waals surface area contributed by atoms with Crippen LogP contribution in [0, 0.1) is 0 Å². The molecular weight excluding hydrogens is 487 g/mol. The van der Waals surface area contributed by atoms with Gasteiger partial charge in [0.25, 0.3) is 0 Å². The molecule has 38 heavy (non-hydrogen) atoms. The van der Waals surface area contributed by atoms with E-state index in [1.54, 1.807) is 0 Å². The highest BCUT2D eigenvalue weighted by atomic mass is 19.1. The van der Waals surface area contributed by atoms with E-state index in [9.17, 15) is 4.39 Å².